The summed E-state index contributed by atoms with van der Waals surface area (Å²) in [5, 5.41) is 0.876. The molecule has 0 saturated carbocycles. The van der Waals surface area contributed by atoms with Gasteiger partial charge in [-0.1, -0.05) is 28.9 Å². The summed E-state index contributed by atoms with van der Waals surface area (Å²) in [6.45, 7) is 4.14. The van der Waals surface area contributed by atoms with Crippen LogP contribution in [0.5, 0.6) is 0 Å². The fourth-order valence-corrected chi connectivity index (χ4v) is 1.21. The Labute approximate surface area is 81.2 Å². The van der Waals surface area contributed by atoms with Crippen molar-refractivity contribution in [3.8, 4) is 0 Å². The summed E-state index contributed by atoms with van der Waals surface area (Å²) < 4.78 is 0. The maximum Gasteiger partial charge on any atom is 0.106 e. The maximum absolute atomic E-state index is 4.40. The van der Waals surface area contributed by atoms with Gasteiger partial charge in [0.25, 0.3) is 0 Å². The molecule has 3 heteroatoms. The van der Waals surface area contributed by atoms with Crippen molar-refractivity contribution in [3.05, 3.63) is 23.3 Å². The van der Waals surface area contributed by atoms with Gasteiger partial charge in [0, 0.05) is 17.4 Å². The molecule has 66 valence electrons. The van der Waals surface area contributed by atoms with E-state index in [0.29, 0.717) is 0 Å². The second-order valence-corrected chi connectivity index (χ2v) is 3.25. The summed E-state index contributed by atoms with van der Waals surface area (Å²) in [6.07, 6.45) is 5.03. The van der Waals surface area contributed by atoms with Gasteiger partial charge in [0.05, 0.1) is 5.69 Å². The molecule has 1 rings (SSSR count). The Balaban J connectivity index is 2.84. The Morgan fingerprint density at radius 1 is 1.58 bits per heavy atom. The van der Waals surface area contributed by atoms with Crippen molar-refractivity contribution in [1.82, 2.24) is 9.97 Å². The first-order valence-corrected chi connectivity index (χ1v) is 5.18. The zero-order valence-corrected chi connectivity index (χ0v) is 8.98. The van der Waals surface area contributed by atoms with E-state index in [4.69, 9.17) is 0 Å². The van der Waals surface area contributed by atoms with E-state index < -0.39 is 0 Å². The molecule has 0 spiro atoms. The summed E-state index contributed by atoms with van der Waals surface area (Å²) in [4.78, 5) is 7.63. The molecule has 0 aliphatic carbocycles. The van der Waals surface area contributed by atoms with Gasteiger partial charge in [-0.2, -0.15) is 0 Å². The van der Waals surface area contributed by atoms with Crippen LogP contribution in [-0.4, -0.2) is 15.3 Å². The van der Waals surface area contributed by atoms with Gasteiger partial charge in [0.1, 0.15) is 5.82 Å². The van der Waals surface area contributed by atoms with Gasteiger partial charge in [-0.05, 0) is 13.0 Å². The molecule has 1 aromatic heterocycles. The van der Waals surface area contributed by atoms with Crippen LogP contribution in [0.1, 0.15) is 24.1 Å². The van der Waals surface area contributed by atoms with Crippen LogP contribution in [0, 0.1) is 6.92 Å². The molecule has 0 aromatic carbocycles. The van der Waals surface area contributed by atoms with Crippen LogP contribution < -0.4 is 0 Å². The first kappa shape index (κ1) is 9.52. The predicted molar refractivity (Wildman–Crippen MR) is 55.5 cm³/mol. The van der Waals surface area contributed by atoms with E-state index in [1.807, 2.05) is 19.1 Å². The molecule has 0 fully saturated rings. The number of aromatic amines is 1. The zero-order chi connectivity index (χ0) is 8.97. The summed E-state index contributed by atoms with van der Waals surface area (Å²) in [6, 6.07) is 0. The lowest BCUT2D eigenvalue weighted by Gasteiger charge is -1.84. The Kier molecular flexibility index (Phi) is 3.53. The van der Waals surface area contributed by atoms with Crippen molar-refractivity contribution in [2.24, 2.45) is 0 Å². The number of allylic oxidation sites excluding steroid dienone is 1. The zero-order valence-electron chi connectivity index (χ0n) is 7.39. The molecular formula is C9H13BrN2. The summed E-state index contributed by atoms with van der Waals surface area (Å²) in [5.41, 5.74) is 2.19. The minimum Gasteiger partial charge on any atom is -0.346 e. The van der Waals surface area contributed by atoms with Crippen LogP contribution in [0.25, 0.3) is 6.08 Å². The third kappa shape index (κ3) is 2.21. The molecule has 0 atom stereocenters. The Morgan fingerprint density at radius 2 is 2.33 bits per heavy atom. The maximum atomic E-state index is 4.40. The van der Waals surface area contributed by atoms with Crippen molar-refractivity contribution in [1.29, 1.82) is 0 Å². The molecule has 1 aromatic rings. The van der Waals surface area contributed by atoms with E-state index in [0.717, 1.165) is 29.0 Å². The number of aryl methyl sites for hydroxylation is 2. The van der Waals surface area contributed by atoms with Gasteiger partial charge >= 0.3 is 0 Å². The molecule has 1 N–H and O–H groups in total. The van der Waals surface area contributed by atoms with Crippen LogP contribution in [0.3, 0.4) is 0 Å². The molecular weight excluding hydrogens is 216 g/mol. The molecule has 12 heavy (non-hydrogen) atoms. The first-order chi connectivity index (χ1) is 5.77. The third-order valence-corrected chi connectivity index (χ3v) is 2.04. The average molecular weight is 229 g/mol. The number of nitrogens with zero attached hydrogens (tertiary/aromatic N) is 1. The summed E-state index contributed by atoms with van der Waals surface area (Å²) >= 11 is 3.33. The van der Waals surface area contributed by atoms with Gasteiger partial charge in [-0.15, -0.1) is 0 Å². The lowest BCUT2D eigenvalue weighted by atomic mass is 10.3. The van der Waals surface area contributed by atoms with E-state index in [9.17, 15) is 0 Å². The van der Waals surface area contributed by atoms with E-state index in [1.165, 1.54) is 0 Å². The second-order valence-electron chi connectivity index (χ2n) is 2.60. The molecule has 0 saturated heterocycles. The first-order valence-electron chi connectivity index (χ1n) is 4.06. The number of H-pyrrole nitrogens is 1. The van der Waals surface area contributed by atoms with E-state index in [2.05, 4.69) is 32.8 Å². The van der Waals surface area contributed by atoms with E-state index in [-0.39, 0.29) is 0 Å². The highest BCUT2D eigenvalue weighted by atomic mass is 79.9. The molecule has 2 nitrogen and oxygen atoms in total. The lowest BCUT2D eigenvalue weighted by molar-refractivity contribution is 0.981. The topological polar surface area (TPSA) is 28.7 Å². The van der Waals surface area contributed by atoms with Crippen LogP contribution in [0.15, 0.2) is 6.08 Å². The predicted octanol–water partition coefficient (Wildman–Crippen LogP) is 2.69. The molecule has 0 radical (unpaired) electrons. The minimum atomic E-state index is 0.876. The third-order valence-electron chi connectivity index (χ3n) is 1.67. The van der Waals surface area contributed by atoms with Crippen molar-refractivity contribution < 1.29 is 0 Å². The number of halogens is 1. The number of hydrogen-bond donors (Lipinski definition) is 1. The highest BCUT2D eigenvalue weighted by Crippen LogP contribution is 2.07. The largest absolute Gasteiger partial charge is 0.346 e. The van der Waals surface area contributed by atoms with Gasteiger partial charge in [0.2, 0.25) is 0 Å². The van der Waals surface area contributed by atoms with E-state index >= 15 is 0 Å². The standard InChI is InChI=1S/C9H13BrN2/c1-3-9-11-7(2)8(12-9)5-4-6-10/h4-5H,3,6H2,1-2H3,(H,11,12). The number of hydrogen-bond acceptors (Lipinski definition) is 1. The highest BCUT2D eigenvalue weighted by Gasteiger charge is 2.00. The van der Waals surface area contributed by atoms with Crippen LogP contribution in [-0.2, 0) is 6.42 Å². The minimum absolute atomic E-state index is 0.876. The van der Waals surface area contributed by atoms with E-state index in [1.54, 1.807) is 0 Å². The summed E-state index contributed by atoms with van der Waals surface area (Å²) in [5.74, 6) is 1.06. The van der Waals surface area contributed by atoms with Crippen molar-refractivity contribution in [2.45, 2.75) is 20.3 Å². The monoisotopic (exact) mass is 228 g/mol. The number of imidazole rings is 1. The molecule has 0 bridgehead atoms. The van der Waals surface area contributed by atoms with Crippen molar-refractivity contribution in [3.63, 3.8) is 0 Å². The highest BCUT2D eigenvalue weighted by molar-refractivity contribution is 9.09. The fraction of sp³-hybridized carbons (Fsp3) is 0.444. The van der Waals surface area contributed by atoms with Crippen LogP contribution >= 0.6 is 15.9 Å². The van der Waals surface area contributed by atoms with Gasteiger partial charge < -0.3 is 4.98 Å². The molecule has 0 aliphatic rings. The second kappa shape index (κ2) is 4.45. The number of rotatable bonds is 3. The smallest absolute Gasteiger partial charge is 0.106 e. The Bertz CT molecular complexity index is 276. The van der Waals surface area contributed by atoms with Crippen LogP contribution in [0.2, 0.25) is 0 Å². The molecule has 0 aliphatic heterocycles. The van der Waals surface area contributed by atoms with Gasteiger partial charge in [-0.25, -0.2) is 4.98 Å². The average Bonchev–Trinajstić information content (AvgIpc) is 2.43. The fourth-order valence-electron chi connectivity index (χ4n) is 1.02. The lowest BCUT2D eigenvalue weighted by Crippen LogP contribution is -1.80. The molecule has 0 unspecified atom stereocenters. The summed E-state index contributed by atoms with van der Waals surface area (Å²) in [7, 11) is 0. The van der Waals surface area contributed by atoms with Gasteiger partial charge in [0.15, 0.2) is 0 Å². The number of aromatic nitrogens is 2. The molecule has 1 heterocycles. The Hall–Kier alpha value is -0.570. The normalized spacial score (nSPS) is 11.2. The number of alkyl halides is 1. The van der Waals surface area contributed by atoms with Crippen molar-refractivity contribution in [2.75, 3.05) is 5.33 Å². The quantitative estimate of drug-likeness (QED) is 0.793. The number of nitrogens with one attached hydrogen (secondary N) is 1. The van der Waals surface area contributed by atoms with Crippen LogP contribution in [0.4, 0.5) is 0 Å². The van der Waals surface area contributed by atoms with Gasteiger partial charge in [-0.3, -0.25) is 0 Å². The SMILES string of the molecule is CCc1nc(C=CCBr)c(C)[nH]1. The molecule has 0 amide bonds. The Morgan fingerprint density at radius 3 is 2.83 bits per heavy atom. The van der Waals surface area contributed by atoms with Crippen molar-refractivity contribution >= 4 is 22.0 Å².